The number of nitrogen functional groups attached to an aromatic ring is 1. The van der Waals surface area contributed by atoms with E-state index in [1.807, 2.05) is 0 Å². The summed E-state index contributed by atoms with van der Waals surface area (Å²) in [6.45, 7) is 4.99. The van der Waals surface area contributed by atoms with Crippen molar-refractivity contribution in [3.8, 4) is 5.75 Å². The lowest BCUT2D eigenvalue weighted by Gasteiger charge is -2.09. The van der Waals surface area contributed by atoms with Crippen LogP contribution in [0.4, 0.5) is 10.5 Å². The monoisotopic (exact) mass is 379 g/mol. The fraction of sp³-hybridized carbons (Fsp3) is 0.619. The van der Waals surface area contributed by atoms with Crippen LogP contribution in [-0.4, -0.2) is 25.3 Å². The molecule has 0 fully saturated rings. The average Bonchev–Trinajstić information content (AvgIpc) is 2.64. The molecule has 0 unspecified atom stereocenters. The van der Waals surface area contributed by atoms with E-state index in [0.717, 1.165) is 44.9 Å². The number of carbonyl (C=O) groups excluding carboxylic acids is 2. The first-order valence-corrected chi connectivity index (χ1v) is 9.99. The molecular weight excluding hydrogens is 346 g/mol. The lowest BCUT2D eigenvalue weighted by Crippen LogP contribution is -2.13. The van der Waals surface area contributed by atoms with Gasteiger partial charge in [0.25, 0.3) is 0 Å². The van der Waals surface area contributed by atoms with Gasteiger partial charge in [-0.15, -0.1) is 0 Å². The molecule has 27 heavy (non-hydrogen) atoms. The summed E-state index contributed by atoms with van der Waals surface area (Å²) in [5, 5.41) is 0. The van der Waals surface area contributed by atoms with E-state index in [1.165, 1.54) is 31.0 Å². The molecule has 0 bridgehead atoms. The molecule has 0 heterocycles. The molecule has 0 amide bonds. The molecule has 0 saturated heterocycles. The summed E-state index contributed by atoms with van der Waals surface area (Å²) in [6, 6.07) is 4.43. The Balaban J connectivity index is 2.36. The van der Waals surface area contributed by atoms with E-state index in [2.05, 4.69) is 13.8 Å². The van der Waals surface area contributed by atoms with Crippen molar-refractivity contribution in [3.63, 3.8) is 0 Å². The summed E-state index contributed by atoms with van der Waals surface area (Å²) in [7, 11) is 0. The molecule has 6 heteroatoms. The van der Waals surface area contributed by atoms with Crippen LogP contribution >= 0.6 is 0 Å². The van der Waals surface area contributed by atoms with Crippen LogP contribution in [0.2, 0.25) is 0 Å². The molecule has 0 aliphatic heterocycles. The first kappa shape index (κ1) is 22.8. The molecule has 0 radical (unpaired) electrons. The molecule has 152 valence electrons. The number of rotatable bonds is 13. The Bertz CT molecular complexity index is 574. The minimum atomic E-state index is -0.767. The molecular formula is C21H33NO5. The summed E-state index contributed by atoms with van der Waals surface area (Å²) >= 11 is 0. The third-order valence-corrected chi connectivity index (χ3v) is 4.14. The highest BCUT2D eigenvalue weighted by atomic mass is 16.7. The normalized spacial score (nSPS) is 10.4. The lowest BCUT2D eigenvalue weighted by molar-refractivity contribution is 0.0499. The highest BCUT2D eigenvalue weighted by Gasteiger charge is 2.14. The van der Waals surface area contributed by atoms with E-state index in [-0.39, 0.29) is 17.0 Å². The Morgan fingerprint density at radius 2 is 1.44 bits per heavy atom. The Kier molecular flexibility index (Phi) is 11.7. The van der Waals surface area contributed by atoms with Gasteiger partial charge >= 0.3 is 12.1 Å². The predicted octanol–water partition coefficient (Wildman–Crippen LogP) is 5.49. The number of benzene rings is 1. The van der Waals surface area contributed by atoms with Crippen LogP contribution in [0.25, 0.3) is 0 Å². The van der Waals surface area contributed by atoms with Crippen molar-refractivity contribution in [3.05, 3.63) is 23.8 Å². The van der Waals surface area contributed by atoms with E-state index >= 15 is 0 Å². The zero-order chi connectivity index (χ0) is 19.9. The van der Waals surface area contributed by atoms with Gasteiger partial charge in [0, 0.05) is 11.8 Å². The third kappa shape index (κ3) is 9.87. The number of nitrogens with two attached hydrogens (primary N) is 1. The SMILES string of the molecule is CCCCCCCOC(=O)Oc1ccc(C(=O)OCCCCCC)c(N)c1. The number of hydrogen-bond donors (Lipinski definition) is 1. The van der Waals surface area contributed by atoms with Gasteiger partial charge in [-0.2, -0.15) is 0 Å². The van der Waals surface area contributed by atoms with Crippen LogP contribution < -0.4 is 10.5 Å². The fourth-order valence-electron chi connectivity index (χ4n) is 2.55. The van der Waals surface area contributed by atoms with Crippen LogP contribution in [0.15, 0.2) is 18.2 Å². The maximum absolute atomic E-state index is 12.0. The van der Waals surface area contributed by atoms with Crippen molar-refractivity contribution < 1.29 is 23.8 Å². The minimum Gasteiger partial charge on any atom is -0.462 e. The van der Waals surface area contributed by atoms with Gasteiger partial charge < -0.3 is 19.9 Å². The molecule has 2 N–H and O–H groups in total. The first-order valence-electron chi connectivity index (χ1n) is 9.99. The van der Waals surface area contributed by atoms with Gasteiger partial charge in [0.2, 0.25) is 0 Å². The number of esters is 1. The van der Waals surface area contributed by atoms with E-state index < -0.39 is 12.1 Å². The summed E-state index contributed by atoms with van der Waals surface area (Å²) in [5.41, 5.74) is 6.36. The van der Waals surface area contributed by atoms with Crippen molar-refractivity contribution in [2.75, 3.05) is 18.9 Å². The second-order valence-electron chi connectivity index (χ2n) is 6.56. The summed E-state index contributed by atoms with van der Waals surface area (Å²) < 4.78 is 15.3. The minimum absolute atomic E-state index is 0.207. The smallest absolute Gasteiger partial charge is 0.462 e. The van der Waals surface area contributed by atoms with Gasteiger partial charge in [0.05, 0.1) is 18.8 Å². The van der Waals surface area contributed by atoms with Crippen molar-refractivity contribution in [2.24, 2.45) is 0 Å². The van der Waals surface area contributed by atoms with Crippen LogP contribution in [0.3, 0.4) is 0 Å². The van der Waals surface area contributed by atoms with Crippen LogP contribution in [0.1, 0.15) is 82.0 Å². The number of hydrogen-bond acceptors (Lipinski definition) is 6. The average molecular weight is 379 g/mol. The van der Waals surface area contributed by atoms with Gasteiger partial charge in [-0.25, -0.2) is 9.59 Å². The second-order valence-corrected chi connectivity index (χ2v) is 6.56. The summed E-state index contributed by atoms with van der Waals surface area (Å²) in [6.07, 6.45) is 8.72. The zero-order valence-corrected chi connectivity index (χ0v) is 16.6. The Morgan fingerprint density at radius 1 is 0.852 bits per heavy atom. The van der Waals surface area contributed by atoms with Gasteiger partial charge in [-0.1, -0.05) is 58.8 Å². The Morgan fingerprint density at radius 3 is 2.07 bits per heavy atom. The highest BCUT2D eigenvalue weighted by Crippen LogP contribution is 2.21. The molecule has 1 aromatic rings. The van der Waals surface area contributed by atoms with E-state index in [0.29, 0.717) is 13.2 Å². The molecule has 0 saturated carbocycles. The van der Waals surface area contributed by atoms with Gasteiger partial charge in [0.15, 0.2) is 0 Å². The van der Waals surface area contributed by atoms with Crippen LogP contribution in [0, 0.1) is 0 Å². The summed E-state index contributed by atoms with van der Waals surface area (Å²) in [4.78, 5) is 23.7. The molecule has 0 spiro atoms. The van der Waals surface area contributed by atoms with Crippen LogP contribution in [-0.2, 0) is 9.47 Å². The number of unbranched alkanes of at least 4 members (excludes halogenated alkanes) is 7. The van der Waals surface area contributed by atoms with Crippen molar-refractivity contribution >= 4 is 17.8 Å². The zero-order valence-electron chi connectivity index (χ0n) is 16.6. The molecule has 1 rings (SSSR count). The third-order valence-electron chi connectivity index (χ3n) is 4.14. The standard InChI is InChI=1S/C21H33NO5/c1-3-5-7-9-11-15-26-21(24)27-17-12-13-18(19(22)16-17)20(23)25-14-10-8-6-4-2/h12-13,16H,3-11,14-15,22H2,1-2H3. The van der Waals surface area contributed by atoms with Gasteiger partial charge in [-0.3, -0.25) is 0 Å². The van der Waals surface area contributed by atoms with Gasteiger partial charge in [-0.05, 0) is 25.0 Å². The topological polar surface area (TPSA) is 87.8 Å². The summed E-state index contributed by atoms with van der Waals surface area (Å²) in [5.74, 6) is -0.229. The molecule has 0 aromatic heterocycles. The second kappa shape index (κ2) is 13.9. The number of ether oxygens (including phenoxy) is 3. The molecule has 1 aromatic carbocycles. The molecule has 6 nitrogen and oxygen atoms in total. The van der Waals surface area contributed by atoms with Crippen molar-refractivity contribution in [1.82, 2.24) is 0 Å². The van der Waals surface area contributed by atoms with Crippen LogP contribution in [0.5, 0.6) is 5.75 Å². The Hall–Kier alpha value is -2.24. The maximum atomic E-state index is 12.0. The maximum Gasteiger partial charge on any atom is 0.513 e. The van der Waals surface area contributed by atoms with E-state index in [1.54, 1.807) is 0 Å². The fourth-order valence-corrected chi connectivity index (χ4v) is 2.55. The van der Waals surface area contributed by atoms with Gasteiger partial charge in [0.1, 0.15) is 5.75 Å². The Labute approximate surface area is 162 Å². The largest absolute Gasteiger partial charge is 0.513 e. The number of anilines is 1. The van der Waals surface area contributed by atoms with E-state index in [9.17, 15) is 9.59 Å². The van der Waals surface area contributed by atoms with Crippen molar-refractivity contribution in [2.45, 2.75) is 71.6 Å². The lowest BCUT2D eigenvalue weighted by atomic mass is 10.1. The number of carbonyl (C=O) groups is 2. The molecule has 0 atom stereocenters. The van der Waals surface area contributed by atoms with Crippen molar-refractivity contribution in [1.29, 1.82) is 0 Å². The highest BCUT2D eigenvalue weighted by molar-refractivity contribution is 5.95. The van der Waals surface area contributed by atoms with E-state index in [4.69, 9.17) is 19.9 Å². The quantitative estimate of drug-likeness (QED) is 0.211. The first-order chi connectivity index (χ1) is 13.1. The predicted molar refractivity (Wildman–Crippen MR) is 106 cm³/mol. The molecule has 0 aliphatic carbocycles. The molecule has 0 aliphatic rings.